The number of sulfonamides is 1. The van der Waals surface area contributed by atoms with Crippen molar-refractivity contribution >= 4 is 21.7 Å². The summed E-state index contributed by atoms with van der Waals surface area (Å²) in [6.45, 7) is 7.33. The van der Waals surface area contributed by atoms with Crippen LogP contribution in [0.4, 0.5) is 5.82 Å². The molecule has 200 valence electrons. The van der Waals surface area contributed by atoms with Gasteiger partial charge in [0.2, 0.25) is 15.9 Å². The molecule has 9 nitrogen and oxygen atoms in total. The number of hydrogen-bond acceptors (Lipinski definition) is 7. The number of amides is 1. The first-order valence-electron chi connectivity index (χ1n) is 13.4. The number of carbonyl (C=O) groups is 1. The number of piperidine rings is 1. The van der Waals surface area contributed by atoms with E-state index in [4.69, 9.17) is 5.73 Å². The molecular formula is C27H38N6O3S. The number of nitrogens with two attached hydrogens (primary N) is 1. The standard InChI is InChI=1S/C27H38N6O3S/c28-26-19-22(7-10-29-26)20-30-13-8-23(9-14-30)27(34)32-17-15-31(16-18-32)21-24-5-1-2-6-25(24)37(35,36)33-11-3-4-12-33/h1-2,5-7,10,19,23H,3-4,8-9,11-18,20-21H2,(H2,28,29). The molecule has 1 amide bonds. The molecule has 1 aromatic heterocycles. The molecule has 37 heavy (non-hydrogen) atoms. The van der Waals surface area contributed by atoms with Crippen LogP contribution in [0.15, 0.2) is 47.5 Å². The molecule has 0 spiro atoms. The predicted octanol–water partition coefficient (Wildman–Crippen LogP) is 2.00. The van der Waals surface area contributed by atoms with Crippen LogP contribution in [-0.2, 0) is 27.9 Å². The molecule has 3 aliphatic heterocycles. The Balaban J connectivity index is 1.11. The number of anilines is 1. The fourth-order valence-electron chi connectivity index (χ4n) is 5.77. The summed E-state index contributed by atoms with van der Waals surface area (Å²) in [5.74, 6) is 0.888. The summed E-state index contributed by atoms with van der Waals surface area (Å²) in [6, 6.07) is 11.3. The van der Waals surface area contributed by atoms with Crippen LogP contribution in [0.5, 0.6) is 0 Å². The second kappa shape index (κ2) is 11.5. The number of piperazine rings is 1. The first kappa shape index (κ1) is 26.1. The Hall–Kier alpha value is -2.53. The molecule has 0 aliphatic carbocycles. The van der Waals surface area contributed by atoms with Crippen LogP contribution in [0.3, 0.4) is 0 Å². The van der Waals surface area contributed by atoms with Crippen LogP contribution in [0, 0.1) is 5.92 Å². The van der Waals surface area contributed by atoms with Gasteiger partial charge in [-0.3, -0.25) is 14.6 Å². The third kappa shape index (κ3) is 6.14. The zero-order valence-corrected chi connectivity index (χ0v) is 22.3. The minimum Gasteiger partial charge on any atom is -0.384 e. The summed E-state index contributed by atoms with van der Waals surface area (Å²) in [5, 5.41) is 0. The van der Waals surface area contributed by atoms with E-state index >= 15 is 0 Å². The van der Waals surface area contributed by atoms with Gasteiger partial charge >= 0.3 is 0 Å². The minimum atomic E-state index is -3.46. The van der Waals surface area contributed by atoms with Crippen molar-refractivity contribution in [3.05, 3.63) is 53.7 Å². The summed E-state index contributed by atoms with van der Waals surface area (Å²) in [4.78, 5) is 24.4. The molecule has 1 aromatic carbocycles. The molecule has 0 bridgehead atoms. The second-order valence-corrected chi connectivity index (χ2v) is 12.4. The van der Waals surface area contributed by atoms with E-state index in [1.807, 2.05) is 29.2 Å². The Labute approximate surface area is 220 Å². The Morgan fingerprint density at radius 1 is 0.892 bits per heavy atom. The van der Waals surface area contributed by atoms with Gasteiger partial charge in [0.1, 0.15) is 5.82 Å². The topological polar surface area (TPSA) is 103 Å². The van der Waals surface area contributed by atoms with Gasteiger partial charge in [-0.05, 0) is 68.1 Å². The maximum atomic E-state index is 13.2. The summed E-state index contributed by atoms with van der Waals surface area (Å²) in [7, 11) is -3.46. The van der Waals surface area contributed by atoms with Crippen LogP contribution in [0.2, 0.25) is 0 Å². The van der Waals surface area contributed by atoms with Gasteiger partial charge in [-0.2, -0.15) is 4.31 Å². The van der Waals surface area contributed by atoms with Crippen molar-refractivity contribution in [2.24, 2.45) is 5.92 Å². The van der Waals surface area contributed by atoms with Crippen molar-refractivity contribution in [3.8, 4) is 0 Å². The van der Waals surface area contributed by atoms with Gasteiger partial charge in [0.25, 0.3) is 0 Å². The van der Waals surface area contributed by atoms with E-state index in [0.717, 1.165) is 69.5 Å². The SMILES string of the molecule is Nc1cc(CN2CCC(C(=O)N3CCN(Cc4ccccc4S(=O)(=O)N4CCCC4)CC3)CC2)ccn1. The zero-order chi connectivity index (χ0) is 25.8. The number of hydrogen-bond donors (Lipinski definition) is 1. The molecule has 0 atom stereocenters. The van der Waals surface area contributed by atoms with Crippen LogP contribution >= 0.6 is 0 Å². The maximum absolute atomic E-state index is 13.2. The molecule has 10 heteroatoms. The molecule has 2 aromatic rings. The van der Waals surface area contributed by atoms with E-state index in [1.165, 1.54) is 0 Å². The first-order valence-corrected chi connectivity index (χ1v) is 14.9. The van der Waals surface area contributed by atoms with Crippen molar-refractivity contribution in [3.63, 3.8) is 0 Å². The van der Waals surface area contributed by atoms with Crippen LogP contribution < -0.4 is 5.73 Å². The highest BCUT2D eigenvalue weighted by Gasteiger charge is 2.32. The minimum absolute atomic E-state index is 0.0802. The molecule has 5 rings (SSSR count). The highest BCUT2D eigenvalue weighted by molar-refractivity contribution is 7.89. The Bertz CT molecular complexity index is 1180. The van der Waals surface area contributed by atoms with Crippen molar-refractivity contribution in [2.45, 2.75) is 43.7 Å². The Morgan fingerprint density at radius 2 is 1.57 bits per heavy atom. The molecule has 0 saturated carbocycles. The lowest BCUT2D eigenvalue weighted by molar-refractivity contribution is -0.139. The number of aromatic nitrogens is 1. The van der Waals surface area contributed by atoms with Crippen molar-refractivity contribution < 1.29 is 13.2 Å². The van der Waals surface area contributed by atoms with Crippen LogP contribution in [0.25, 0.3) is 0 Å². The average Bonchev–Trinajstić information content (AvgIpc) is 3.46. The van der Waals surface area contributed by atoms with Crippen molar-refractivity contribution in [2.75, 3.05) is 58.1 Å². The summed E-state index contributed by atoms with van der Waals surface area (Å²) >= 11 is 0. The fraction of sp³-hybridized carbons (Fsp3) is 0.556. The number of nitrogen functional groups attached to an aromatic ring is 1. The number of likely N-dealkylation sites (tertiary alicyclic amines) is 1. The highest BCUT2D eigenvalue weighted by atomic mass is 32.2. The molecular weight excluding hydrogens is 488 g/mol. The number of carbonyl (C=O) groups excluding carboxylic acids is 1. The molecule has 2 N–H and O–H groups in total. The lowest BCUT2D eigenvalue weighted by Crippen LogP contribution is -2.51. The second-order valence-electron chi connectivity index (χ2n) is 10.5. The summed E-state index contributed by atoms with van der Waals surface area (Å²) in [5.41, 5.74) is 7.80. The molecule has 0 radical (unpaired) electrons. The first-order chi connectivity index (χ1) is 17.9. The average molecular weight is 527 g/mol. The van der Waals surface area contributed by atoms with E-state index in [0.29, 0.717) is 43.4 Å². The zero-order valence-electron chi connectivity index (χ0n) is 21.5. The van der Waals surface area contributed by atoms with Gasteiger partial charge in [-0.15, -0.1) is 0 Å². The van der Waals surface area contributed by atoms with Gasteiger partial charge in [0, 0.05) is 64.5 Å². The van der Waals surface area contributed by atoms with E-state index in [2.05, 4.69) is 14.8 Å². The Morgan fingerprint density at radius 3 is 2.27 bits per heavy atom. The highest BCUT2D eigenvalue weighted by Crippen LogP contribution is 2.26. The third-order valence-corrected chi connectivity index (χ3v) is 9.92. The van der Waals surface area contributed by atoms with Gasteiger partial charge in [-0.25, -0.2) is 13.4 Å². The van der Waals surface area contributed by atoms with Gasteiger partial charge in [0.15, 0.2) is 0 Å². The number of nitrogens with zero attached hydrogens (tertiary/aromatic N) is 5. The van der Waals surface area contributed by atoms with Gasteiger partial charge < -0.3 is 10.6 Å². The monoisotopic (exact) mass is 526 g/mol. The van der Waals surface area contributed by atoms with Crippen LogP contribution in [-0.4, -0.2) is 90.7 Å². The third-order valence-electron chi connectivity index (χ3n) is 7.92. The van der Waals surface area contributed by atoms with Gasteiger partial charge in [-0.1, -0.05) is 18.2 Å². The van der Waals surface area contributed by atoms with E-state index in [-0.39, 0.29) is 11.8 Å². The lowest BCUT2D eigenvalue weighted by Gasteiger charge is -2.38. The summed E-state index contributed by atoms with van der Waals surface area (Å²) in [6.07, 6.45) is 5.35. The van der Waals surface area contributed by atoms with Gasteiger partial charge in [0.05, 0.1) is 4.90 Å². The quantitative estimate of drug-likeness (QED) is 0.589. The normalized spacial score (nSPS) is 20.9. The van der Waals surface area contributed by atoms with E-state index in [1.54, 1.807) is 22.6 Å². The maximum Gasteiger partial charge on any atom is 0.243 e. The number of pyridine rings is 1. The predicted molar refractivity (Wildman–Crippen MR) is 143 cm³/mol. The number of rotatable bonds is 7. The molecule has 3 fully saturated rings. The van der Waals surface area contributed by atoms with E-state index < -0.39 is 10.0 Å². The molecule has 3 aliphatic rings. The molecule has 0 unspecified atom stereocenters. The lowest BCUT2D eigenvalue weighted by atomic mass is 9.94. The van der Waals surface area contributed by atoms with E-state index in [9.17, 15) is 13.2 Å². The number of benzene rings is 1. The fourth-order valence-corrected chi connectivity index (χ4v) is 7.50. The van der Waals surface area contributed by atoms with Crippen LogP contribution in [0.1, 0.15) is 36.8 Å². The molecule has 3 saturated heterocycles. The van der Waals surface area contributed by atoms with Crippen molar-refractivity contribution in [1.29, 1.82) is 0 Å². The summed E-state index contributed by atoms with van der Waals surface area (Å²) < 4.78 is 28.0. The van der Waals surface area contributed by atoms with Crippen molar-refractivity contribution in [1.82, 2.24) is 24.0 Å². The molecule has 4 heterocycles. The largest absolute Gasteiger partial charge is 0.384 e. The smallest absolute Gasteiger partial charge is 0.243 e. The Kier molecular flexibility index (Phi) is 8.09.